The van der Waals surface area contributed by atoms with Crippen LogP contribution in [0.2, 0.25) is 0 Å². The number of aromatic nitrogens is 3. The third kappa shape index (κ3) is 2.54. The van der Waals surface area contributed by atoms with Crippen LogP contribution in [-0.2, 0) is 13.0 Å². The van der Waals surface area contributed by atoms with Gasteiger partial charge in [0.2, 0.25) is 0 Å². The minimum Gasteiger partial charge on any atom is -0.351 e. The molecule has 1 spiro atoms. The molecule has 4 heterocycles. The molecule has 1 aliphatic carbocycles. The van der Waals surface area contributed by atoms with Gasteiger partial charge < -0.3 is 14.8 Å². The van der Waals surface area contributed by atoms with Crippen molar-refractivity contribution in [2.75, 3.05) is 13.1 Å². The maximum atomic E-state index is 13.4. The molecule has 0 radical (unpaired) electrons. The Morgan fingerprint density at radius 1 is 1.03 bits per heavy atom. The summed E-state index contributed by atoms with van der Waals surface area (Å²) in [6.07, 6.45) is 6.29. The zero-order valence-electron chi connectivity index (χ0n) is 16.9. The van der Waals surface area contributed by atoms with Gasteiger partial charge in [-0.1, -0.05) is 18.2 Å². The molecule has 2 fully saturated rings. The molecule has 2 aromatic heterocycles. The number of fused-ring (bicyclic) bond motifs is 2. The number of hydrogen-bond donors (Lipinski definition) is 2. The molecule has 0 unspecified atom stereocenters. The molecular formula is C23H25N5O2. The van der Waals surface area contributed by atoms with Crippen molar-refractivity contribution in [2.24, 2.45) is 0 Å². The quantitative estimate of drug-likeness (QED) is 0.689. The number of benzene rings is 1. The molecule has 2 N–H and O–H groups in total. The Kier molecular flexibility index (Phi) is 3.82. The van der Waals surface area contributed by atoms with Crippen molar-refractivity contribution in [3.05, 3.63) is 53.0 Å². The fourth-order valence-electron chi connectivity index (χ4n) is 5.49. The fraction of sp³-hybridized carbons (Fsp3) is 0.435. The summed E-state index contributed by atoms with van der Waals surface area (Å²) in [5.41, 5.74) is 3.99. The molecule has 0 atom stereocenters. The van der Waals surface area contributed by atoms with Gasteiger partial charge in [0.05, 0.1) is 6.54 Å². The van der Waals surface area contributed by atoms with Crippen LogP contribution in [0.3, 0.4) is 0 Å². The zero-order valence-corrected chi connectivity index (χ0v) is 16.9. The lowest BCUT2D eigenvalue weighted by Crippen LogP contribution is -2.52. The summed E-state index contributed by atoms with van der Waals surface area (Å²) < 4.78 is 0. The van der Waals surface area contributed by atoms with Crippen molar-refractivity contribution >= 4 is 22.7 Å². The Morgan fingerprint density at radius 2 is 1.87 bits per heavy atom. The predicted molar refractivity (Wildman–Crippen MR) is 112 cm³/mol. The highest BCUT2D eigenvalue weighted by molar-refractivity contribution is 5.99. The minimum absolute atomic E-state index is 0.0320. The zero-order chi connectivity index (χ0) is 20.3. The molecule has 2 aliphatic heterocycles. The number of nitrogens with zero attached hydrogens (tertiary/aromatic N) is 3. The first-order valence-corrected chi connectivity index (χ1v) is 10.9. The fourth-order valence-corrected chi connectivity index (χ4v) is 5.49. The van der Waals surface area contributed by atoms with Gasteiger partial charge in [0.15, 0.2) is 5.69 Å². The van der Waals surface area contributed by atoms with Crippen LogP contribution in [-0.4, -0.2) is 55.4 Å². The Morgan fingerprint density at radius 3 is 2.67 bits per heavy atom. The Balaban J connectivity index is 1.27. The lowest BCUT2D eigenvalue weighted by Gasteiger charge is -2.45. The molecule has 2 amide bonds. The second-order valence-electron chi connectivity index (χ2n) is 8.91. The number of carbonyl (C=O) groups is 2. The molecule has 3 aromatic rings. The SMILES string of the molecule is O=C(c1cc2ccccc2[nH]1)N1CCc2[nH]nc(C(=O)N3CCCC34CCC4)c2C1. The molecule has 7 heteroatoms. The molecule has 30 heavy (non-hydrogen) atoms. The molecular weight excluding hydrogens is 378 g/mol. The van der Waals surface area contributed by atoms with E-state index in [0.717, 1.165) is 54.4 Å². The third-order valence-electron chi connectivity index (χ3n) is 7.31. The molecule has 3 aliphatic rings. The van der Waals surface area contributed by atoms with Crippen molar-refractivity contribution in [3.63, 3.8) is 0 Å². The average Bonchev–Trinajstić information content (AvgIpc) is 3.47. The standard InChI is InChI=1S/C23H25N5O2/c29-21(19-13-15-5-1-2-6-17(15)24-19)27-12-7-18-16(14-27)20(26-25-18)22(30)28-11-4-10-23(28)8-3-9-23/h1-2,5-6,13,24H,3-4,7-12,14H2,(H,25,26). The lowest BCUT2D eigenvalue weighted by atomic mass is 9.74. The van der Waals surface area contributed by atoms with E-state index in [4.69, 9.17) is 0 Å². The molecule has 1 aromatic carbocycles. The highest BCUT2D eigenvalue weighted by atomic mass is 16.2. The van der Waals surface area contributed by atoms with Crippen LogP contribution < -0.4 is 0 Å². The third-order valence-corrected chi connectivity index (χ3v) is 7.31. The topological polar surface area (TPSA) is 85.1 Å². The molecule has 1 saturated heterocycles. The van der Waals surface area contributed by atoms with Crippen molar-refractivity contribution in [2.45, 2.75) is 50.6 Å². The van der Waals surface area contributed by atoms with Crippen molar-refractivity contribution < 1.29 is 9.59 Å². The summed E-state index contributed by atoms with van der Waals surface area (Å²) in [4.78, 5) is 33.7. The summed E-state index contributed by atoms with van der Waals surface area (Å²) >= 11 is 0. The number of amides is 2. The molecule has 7 nitrogen and oxygen atoms in total. The summed E-state index contributed by atoms with van der Waals surface area (Å²) in [6.45, 7) is 1.85. The number of carbonyl (C=O) groups excluding carboxylic acids is 2. The van der Waals surface area contributed by atoms with Crippen molar-refractivity contribution in [3.8, 4) is 0 Å². The minimum atomic E-state index is -0.0342. The smallest absolute Gasteiger partial charge is 0.275 e. The summed E-state index contributed by atoms with van der Waals surface area (Å²) in [5, 5.41) is 8.50. The predicted octanol–water partition coefficient (Wildman–Crippen LogP) is 3.25. The molecule has 154 valence electrons. The summed E-state index contributed by atoms with van der Waals surface area (Å²) in [6, 6.07) is 9.79. The average molecular weight is 403 g/mol. The number of nitrogens with one attached hydrogen (secondary N) is 2. The van der Waals surface area contributed by atoms with Crippen LogP contribution in [0, 0.1) is 0 Å². The van der Waals surface area contributed by atoms with E-state index in [2.05, 4.69) is 20.1 Å². The first kappa shape index (κ1) is 17.7. The summed E-state index contributed by atoms with van der Waals surface area (Å²) in [7, 11) is 0. The van der Waals surface area contributed by atoms with Crippen LogP contribution in [0.5, 0.6) is 0 Å². The molecule has 1 saturated carbocycles. The van der Waals surface area contributed by atoms with Crippen LogP contribution >= 0.6 is 0 Å². The van der Waals surface area contributed by atoms with Gasteiger partial charge >= 0.3 is 0 Å². The largest absolute Gasteiger partial charge is 0.351 e. The van der Waals surface area contributed by atoms with E-state index in [0.29, 0.717) is 30.9 Å². The van der Waals surface area contributed by atoms with Crippen LogP contribution in [0.25, 0.3) is 10.9 Å². The Hall–Kier alpha value is -3.09. The number of H-pyrrole nitrogens is 2. The van der Waals surface area contributed by atoms with Gasteiger partial charge in [-0.25, -0.2) is 0 Å². The van der Waals surface area contributed by atoms with Gasteiger partial charge in [-0.15, -0.1) is 0 Å². The van der Waals surface area contributed by atoms with Crippen LogP contribution in [0.15, 0.2) is 30.3 Å². The van der Waals surface area contributed by atoms with E-state index in [9.17, 15) is 9.59 Å². The molecule has 6 rings (SSSR count). The number of para-hydroxylation sites is 1. The van der Waals surface area contributed by atoms with Gasteiger partial charge in [-0.3, -0.25) is 14.7 Å². The first-order valence-electron chi connectivity index (χ1n) is 10.9. The van der Waals surface area contributed by atoms with Crippen molar-refractivity contribution in [1.82, 2.24) is 25.0 Å². The van der Waals surface area contributed by atoms with Crippen molar-refractivity contribution in [1.29, 1.82) is 0 Å². The van der Waals surface area contributed by atoms with Gasteiger partial charge in [-0.05, 0) is 44.2 Å². The van der Waals surface area contributed by atoms with E-state index >= 15 is 0 Å². The van der Waals surface area contributed by atoms with Gasteiger partial charge in [0.1, 0.15) is 5.69 Å². The van der Waals surface area contributed by atoms with E-state index < -0.39 is 0 Å². The Bertz CT molecular complexity index is 1120. The number of hydrogen-bond acceptors (Lipinski definition) is 3. The highest BCUT2D eigenvalue weighted by Crippen LogP contribution is 2.46. The maximum absolute atomic E-state index is 13.4. The second kappa shape index (κ2) is 6.45. The summed E-state index contributed by atoms with van der Waals surface area (Å²) in [5.74, 6) is -0.00213. The number of aromatic amines is 2. The van der Waals surface area contributed by atoms with E-state index in [1.807, 2.05) is 35.2 Å². The van der Waals surface area contributed by atoms with E-state index in [-0.39, 0.29) is 17.4 Å². The molecule has 0 bridgehead atoms. The van der Waals surface area contributed by atoms with Gasteiger partial charge in [-0.2, -0.15) is 5.10 Å². The maximum Gasteiger partial charge on any atom is 0.275 e. The highest BCUT2D eigenvalue weighted by Gasteiger charge is 2.48. The van der Waals surface area contributed by atoms with Crippen LogP contribution in [0.4, 0.5) is 0 Å². The number of likely N-dealkylation sites (tertiary alicyclic amines) is 1. The Labute approximate surface area is 174 Å². The van der Waals surface area contributed by atoms with Gasteiger partial charge in [0, 0.05) is 47.2 Å². The van der Waals surface area contributed by atoms with E-state index in [1.54, 1.807) is 0 Å². The van der Waals surface area contributed by atoms with E-state index in [1.165, 1.54) is 6.42 Å². The number of rotatable bonds is 2. The van der Waals surface area contributed by atoms with Crippen LogP contribution in [0.1, 0.15) is 64.3 Å². The normalized spacial score (nSPS) is 19.9. The second-order valence-corrected chi connectivity index (χ2v) is 8.91. The lowest BCUT2D eigenvalue weighted by molar-refractivity contribution is 0.0358. The monoisotopic (exact) mass is 403 g/mol. The first-order chi connectivity index (χ1) is 14.6. The van der Waals surface area contributed by atoms with Gasteiger partial charge in [0.25, 0.3) is 11.8 Å².